The number of nitrogens with one attached hydrogen (secondary N) is 1. The minimum Gasteiger partial charge on any atom is -0.497 e. The van der Waals surface area contributed by atoms with Crippen molar-refractivity contribution < 1.29 is 32.2 Å². The van der Waals surface area contributed by atoms with Crippen LogP contribution < -0.4 is 23.8 Å². The monoisotopic (exact) mass is 569 g/mol. The number of carbonyl (C=O) groups excluding carboxylic acids is 2. The molecule has 0 bridgehead atoms. The number of anilines is 1. The van der Waals surface area contributed by atoms with Gasteiger partial charge in [-0.1, -0.05) is 29.8 Å². The normalized spacial score (nSPS) is 11.8. The van der Waals surface area contributed by atoms with Crippen molar-refractivity contribution in [3.63, 3.8) is 0 Å². The van der Waals surface area contributed by atoms with E-state index in [4.69, 9.17) is 14.2 Å². The van der Waals surface area contributed by atoms with Crippen molar-refractivity contribution in [2.75, 3.05) is 39.2 Å². The van der Waals surface area contributed by atoms with Gasteiger partial charge in [0.25, 0.3) is 10.0 Å². The molecule has 0 spiro atoms. The number of hydrogen-bond acceptors (Lipinski definition) is 7. The zero-order valence-corrected chi connectivity index (χ0v) is 24.3. The molecule has 0 saturated carbocycles. The van der Waals surface area contributed by atoms with Crippen molar-refractivity contribution >= 4 is 27.5 Å². The molecular formula is C29H35N3O7S. The van der Waals surface area contributed by atoms with Gasteiger partial charge in [-0.05, 0) is 55.8 Å². The lowest BCUT2D eigenvalue weighted by Crippen LogP contribution is -2.50. The third-order valence-corrected chi connectivity index (χ3v) is 8.24. The second-order valence-electron chi connectivity index (χ2n) is 9.02. The van der Waals surface area contributed by atoms with E-state index < -0.39 is 28.5 Å². The lowest BCUT2D eigenvalue weighted by Gasteiger charge is -2.32. The maximum atomic E-state index is 14.0. The third-order valence-electron chi connectivity index (χ3n) is 6.47. The lowest BCUT2D eigenvalue weighted by molar-refractivity contribution is -0.139. The fraction of sp³-hybridized carbons (Fsp3) is 0.310. The van der Waals surface area contributed by atoms with Crippen LogP contribution in [0.25, 0.3) is 0 Å². The molecule has 0 heterocycles. The van der Waals surface area contributed by atoms with Crippen molar-refractivity contribution in [3.05, 3.63) is 77.9 Å². The molecule has 11 heteroatoms. The number of carbonyl (C=O) groups is 2. The van der Waals surface area contributed by atoms with Crippen LogP contribution in [-0.4, -0.2) is 66.1 Å². The highest BCUT2D eigenvalue weighted by molar-refractivity contribution is 7.92. The first-order chi connectivity index (χ1) is 19.0. The van der Waals surface area contributed by atoms with Crippen LogP contribution in [0.1, 0.15) is 18.1 Å². The van der Waals surface area contributed by atoms with Gasteiger partial charge in [0.05, 0.1) is 31.9 Å². The topological polar surface area (TPSA) is 114 Å². The van der Waals surface area contributed by atoms with Crippen LogP contribution in [0.3, 0.4) is 0 Å². The predicted octanol–water partition coefficient (Wildman–Crippen LogP) is 3.38. The van der Waals surface area contributed by atoms with E-state index in [0.29, 0.717) is 17.2 Å². The van der Waals surface area contributed by atoms with E-state index in [2.05, 4.69) is 5.32 Å². The lowest BCUT2D eigenvalue weighted by atomic mass is 10.1. The summed E-state index contributed by atoms with van der Waals surface area (Å²) in [5.41, 5.74) is 1.97. The van der Waals surface area contributed by atoms with E-state index in [1.807, 2.05) is 6.92 Å². The van der Waals surface area contributed by atoms with Gasteiger partial charge in [0.1, 0.15) is 18.3 Å². The van der Waals surface area contributed by atoms with E-state index >= 15 is 0 Å². The van der Waals surface area contributed by atoms with E-state index in [1.54, 1.807) is 62.6 Å². The molecule has 40 heavy (non-hydrogen) atoms. The highest BCUT2D eigenvalue weighted by atomic mass is 32.2. The molecule has 10 nitrogen and oxygen atoms in total. The molecule has 3 aromatic carbocycles. The third kappa shape index (κ3) is 6.84. The number of rotatable bonds is 12. The number of benzene rings is 3. The quantitative estimate of drug-likeness (QED) is 0.356. The Balaban J connectivity index is 2.05. The van der Waals surface area contributed by atoms with Crippen LogP contribution in [-0.2, 0) is 26.2 Å². The smallest absolute Gasteiger partial charge is 0.264 e. The van der Waals surface area contributed by atoms with Crippen LogP contribution >= 0.6 is 0 Å². The fourth-order valence-electron chi connectivity index (χ4n) is 4.06. The average Bonchev–Trinajstić information content (AvgIpc) is 2.98. The number of nitrogens with zero attached hydrogens (tertiary/aromatic N) is 2. The molecule has 1 unspecified atom stereocenters. The minimum absolute atomic E-state index is 0.0789. The van der Waals surface area contributed by atoms with Crippen LogP contribution in [0.5, 0.6) is 17.2 Å². The van der Waals surface area contributed by atoms with E-state index in [1.165, 1.54) is 44.4 Å². The molecule has 1 atom stereocenters. The van der Waals surface area contributed by atoms with Crippen molar-refractivity contribution in [3.8, 4) is 17.2 Å². The van der Waals surface area contributed by atoms with E-state index in [9.17, 15) is 18.0 Å². The Hall–Kier alpha value is -4.25. The number of ether oxygens (including phenoxy) is 3. The van der Waals surface area contributed by atoms with Crippen molar-refractivity contribution in [1.82, 2.24) is 10.2 Å². The summed E-state index contributed by atoms with van der Waals surface area (Å²) in [7, 11) is 1.64. The van der Waals surface area contributed by atoms with Crippen molar-refractivity contribution in [2.24, 2.45) is 0 Å². The van der Waals surface area contributed by atoms with Gasteiger partial charge in [0.15, 0.2) is 11.5 Å². The summed E-state index contributed by atoms with van der Waals surface area (Å²) in [4.78, 5) is 27.7. The van der Waals surface area contributed by atoms with Gasteiger partial charge in [-0.15, -0.1) is 0 Å². The number of amides is 2. The summed E-state index contributed by atoms with van der Waals surface area (Å²) in [6.45, 7) is 3.01. The van der Waals surface area contributed by atoms with Gasteiger partial charge in [0, 0.05) is 19.7 Å². The summed E-state index contributed by atoms with van der Waals surface area (Å²) in [5.74, 6) is 0.299. The number of sulfonamides is 1. The number of methoxy groups -OCH3 is 3. The highest BCUT2D eigenvalue weighted by Crippen LogP contribution is 2.32. The first-order valence-electron chi connectivity index (χ1n) is 12.5. The molecular weight excluding hydrogens is 534 g/mol. The Bertz CT molecular complexity index is 1420. The first kappa shape index (κ1) is 30.3. The summed E-state index contributed by atoms with van der Waals surface area (Å²) < 4.78 is 44.8. The zero-order chi connectivity index (χ0) is 29.4. The van der Waals surface area contributed by atoms with Crippen molar-refractivity contribution in [2.45, 2.75) is 31.3 Å². The summed E-state index contributed by atoms with van der Waals surface area (Å²) in [5, 5.41) is 2.56. The molecule has 0 radical (unpaired) electrons. The molecule has 0 aliphatic rings. The molecule has 0 aliphatic heterocycles. The molecule has 0 saturated heterocycles. The Morgan fingerprint density at radius 1 is 0.875 bits per heavy atom. The average molecular weight is 570 g/mol. The highest BCUT2D eigenvalue weighted by Gasteiger charge is 2.32. The number of aryl methyl sites for hydroxylation is 1. The van der Waals surface area contributed by atoms with E-state index in [0.717, 1.165) is 15.4 Å². The minimum atomic E-state index is -4.25. The molecule has 0 fully saturated rings. The molecule has 3 rings (SSSR count). The van der Waals surface area contributed by atoms with Gasteiger partial charge < -0.3 is 24.4 Å². The molecule has 2 amide bonds. The molecule has 0 aromatic heterocycles. The summed E-state index contributed by atoms with van der Waals surface area (Å²) >= 11 is 0. The maximum Gasteiger partial charge on any atom is 0.264 e. The van der Waals surface area contributed by atoms with Crippen LogP contribution in [0.4, 0.5) is 5.69 Å². The summed E-state index contributed by atoms with van der Waals surface area (Å²) in [6.07, 6.45) is 0. The van der Waals surface area contributed by atoms with Crippen LogP contribution in [0, 0.1) is 6.92 Å². The molecule has 214 valence electrons. The predicted molar refractivity (Wildman–Crippen MR) is 152 cm³/mol. The molecule has 0 aliphatic carbocycles. The maximum absolute atomic E-state index is 14.0. The summed E-state index contributed by atoms with van der Waals surface area (Å²) in [6, 6.07) is 17.2. The number of hydrogen-bond donors (Lipinski definition) is 1. The standard InChI is InChI=1S/C29H35N3O7S/c1-20-7-11-23(12-8-20)32(40(35,36)25-15-16-26(38-5)27(17-25)39-6)19-28(33)31(21(2)29(34)30-3)18-22-9-13-24(37-4)14-10-22/h7-17,21H,18-19H2,1-6H3,(H,30,34). The zero-order valence-electron chi connectivity index (χ0n) is 23.5. The van der Waals surface area contributed by atoms with Gasteiger partial charge in [0.2, 0.25) is 11.8 Å². The van der Waals surface area contributed by atoms with Gasteiger partial charge in [-0.25, -0.2) is 8.42 Å². The second kappa shape index (κ2) is 13.2. The molecule has 1 N–H and O–H groups in total. The van der Waals surface area contributed by atoms with Crippen LogP contribution in [0.15, 0.2) is 71.6 Å². The SMILES string of the molecule is CNC(=O)C(C)N(Cc1ccc(OC)cc1)C(=O)CN(c1ccc(C)cc1)S(=O)(=O)c1ccc(OC)c(OC)c1. The van der Waals surface area contributed by atoms with Gasteiger partial charge in [-0.3, -0.25) is 13.9 Å². The Labute approximate surface area is 235 Å². The Kier molecular flexibility index (Phi) is 10.0. The first-order valence-corrected chi connectivity index (χ1v) is 13.9. The van der Waals surface area contributed by atoms with Crippen molar-refractivity contribution in [1.29, 1.82) is 0 Å². The Morgan fingerprint density at radius 2 is 1.50 bits per heavy atom. The fourth-order valence-corrected chi connectivity index (χ4v) is 5.49. The van der Waals surface area contributed by atoms with Gasteiger partial charge >= 0.3 is 0 Å². The van der Waals surface area contributed by atoms with E-state index in [-0.39, 0.29) is 23.1 Å². The Morgan fingerprint density at radius 3 is 2.05 bits per heavy atom. The van der Waals surface area contributed by atoms with Crippen LogP contribution in [0.2, 0.25) is 0 Å². The number of likely N-dealkylation sites (N-methyl/N-ethyl adjacent to an activating group) is 1. The second-order valence-corrected chi connectivity index (χ2v) is 10.9. The van der Waals surface area contributed by atoms with Gasteiger partial charge in [-0.2, -0.15) is 0 Å². The largest absolute Gasteiger partial charge is 0.497 e. The molecule has 3 aromatic rings.